The summed E-state index contributed by atoms with van der Waals surface area (Å²) in [5.74, 6) is -2.21. The molecule has 0 heterocycles. The van der Waals surface area contributed by atoms with Crippen LogP contribution in [0.25, 0.3) is 0 Å². The number of aliphatic hydroxyl groups excluding tert-OH is 5. The van der Waals surface area contributed by atoms with E-state index in [0.717, 1.165) is 0 Å². The van der Waals surface area contributed by atoms with Gasteiger partial charge >= 0.3 is 29.6 Å². The van der Waals surface area contributed by atoms with Crippen molar-refractivity contribution in [1.29, 1.82) is 0 Å². The number of carboxylic acid groups (broad SMARTS) is 1. The minimum absolute atomic E-state index is 0. The fourth-order valence-electron chi connectivity index (χ4n) is 0.880. The third kappa shape index (κ3) is 3.91. The number of hydrogen-bond acceptors (Lipinski definition) is 8. The molecule has 0 spiro atoms. The van der Waals surface area contributed by atoms with Gasteiger partial charge in [-0.05, 0) is 0 Å². The average molecular weight is 248 g/mol. The molecule has 8 nitrogen and oxygen atoms in total. The molecule has 0 rings (SSSR count). The topological polar surface area (TPSA) is 162 Å². The van der Waals surface area contributed by atoms with Crippen LogP contribution >= 0.6 is 0 Å². The number of carbonyl (C=O) groups is 1. The molecule has 0 fully saturated rings. The first kappa shape index (κ1) is 18.6. The standard InChI is InChI=1S/C7H14O8.Na/c8-1-3(10)4(11)5(12)7(15,2-9)6(13)14;/h3-5,8-12,15H,1-2H2,(H,13,14);/q;+1/p-1/t3?,4-,5-,7+;/m1./s1. The molecule has 4 atom stereocenters. The number of carbonyl (C=O) groups excluding carboxylic acids is 1. The van der Waals surface area contributed by atoms with Gasteiger partial charge in [-0.25, -0.2) is 0 Å². The minimum Gasteiger partial charge on any atom is -0.547 e. The third-order valence-electron chi connectivity index (χ3n) is 1.99. The first-order valence-electron chi connectivity index (χ1n) is 4.01. The Balaban J connectivity index is 0. The molecule has 0 saturated heterocycles. The van der Waals surface area contributed by atoms with Gasteiger partial charge in [-0.3, -0.25) is 0 Å². The molecule has 0 amide bonds. The van der Waals surface area contributed by atoms with E-state index in [9.17, 15) is 9.90 Å². The number of carboxylic acids is 1. The summed E-state index contributed by atoms with van der Waals surface area (Å²) in [5, 5.41) is 63.6. The van der Waals surface area contributed by atoms with Crippen molar-refractivity contribution >= 4 is 5.97 Å². The fourth-order valence-corrected chi connectivity index (χ4v) is 0.880. The molecular formula is C7H13NaO8. The van der Waals surface area contributed by atoms with E-state index in [-0.39, 0.29) is 29.6 Å². The van der Waals surface area contributed by atoms with Crippen molar-refractivity contribution < 1.29 is 70.1 Å². The molecule has 0 aromatic rings. The molecule has 0 bridgehead atoms. The molecule has 0 aliphatic rings. The van der Waals surface area contributed by atoms with E-state index in [2.05, 4.69) is 0 Å². The van der Waals surface area contributed by atoms with Crippen LogP contribution in [0.4, 0.5) is 0 Å². The molecule has 90 valence electrons. The summed E-state index contributed by atoms with van der Waals surface area (Å²) in [6.45, 7) is -2.36. The molecule has 9 heteroatoms. The van der Waals surface area contributed by atoms with Gasteiger partial charge in [-0.2, -0.15) is 0 Å². The molecule has 0 aliphatic carbocycles. The maximum Gasteiger partial charge on any atom is 1.00 e. The number of hydrogen-bond donors (Lipinski definition) is 6. The van der Waals surface area contributed by atoms with Gasteiger partial charge in [-0.15, -0.1) is 0 Å². The SMILES string of the molecule is O=C([O-])[C@](O)(CO)[C@H](O)[C@H](O)C(O)CO.[Na+]. The summed E-state index contributed by atoms with van der Waals surface area (Å²) in [6, 6.07) is 0. The van der Waals surface area contributed by atoms with Crippen molar-refractivity contribution in [3.8, 4) is 0 Å². The third-order valence-corrected chi connectivity index (χ3v) is 1.99. The fraction of sp³-hybridized carbons (Fsp3) is 0.857. The Morgan fingerprint density at radius 2 is 1.69 bits per heavy atom. The van der Waals surface area contributed by atoms with Gasteiger partial charge < -0.3 is 40.5 Å². The second kappa shape index (κ2) is 7.54. The van der Waals surface area contributed by atoms with Crippen LogP contribution in [0.5, 0.6) is 0 Å². The van der Waals surface area contributed by atoms with E-state index >= 15 is 0 Å². The van der Waals surface area contributed by atoms with Gasteiger partial charge in [0.15, 0.2) is 5.60 Å². The van der Waals surface area contributed by atoms with Crippen LogP contribution in [0.2, 0.25) is 0 Å². The first-order valence-corrected chi connectivity index (χ1v) is 4.01. The largest absolute Gasteiger partial charge is 1.00 e. The smallest absolute Gasteiger partial charge is 0.547 e. The predicted octanol–water partition coefficient (Wildman–Crippen LogP) is -8.46. The Kier molecular flexibility index (Phi) is 8.76. The average Bonchev–Trinajstić information content (AvgIpc) is 2.24. The van der Waals surface area contributed by atoms with Gasteiger partial charge in [-0.1, -0.05) is 0 Å². The second-order valence-electron chi connectivity index (χ2n) is 3.06. The van der Waals surface area contributed by atoms with Gasteiger partial charge in [0.1, 0.15) is 18.3 Å². The zero-order valence-corrected chi connectivity index (χ0v) is 10.6. The molecule has 16 heavy (non-hydrogen) atoms. The van der Waals surface area contributed by atoms with Gasteiger partial charge in [0, 0.05) is 0 Å². The van der Waals surface area contributed by atoms with Gasteiger partial charge in [0.2, 0.25) is 0 Å². The van der Waals surface area contributed by atoms with Crippen LogP contribution in [0.15, 0.2) is 0 Å². The Labute approximate surface area is 113 Å². The molecule has 6 N–H and O–H groups in total. The van der Waals surface area contributed by atoms with Crippen LogP contribution in [0.3, 0.4) is 0 Å². The van der Waals surface area contributed by atoms with Gasteiger partial charge in [0.05, 0.1) is 19.2 Å². The van der Waals surface area contributed by atoms with E-state index in [1.54, 1.807) is 0 Å². The summed E-state index contributed by atoms with van der Waals surface area (Å²) in [6.07, 6.45) is -6.38. The Morgan fingerprint density at radius 1 is 1.25 bits per heavy atom. The van der Waals surface area contributed by atoms with Gasteiger partial charge in [0.25, 0.3) is 0 Å². The van der Waals surface area contributed by atoms with E-state index in [1.165, 1.54) is 0 Å². The van der Waals surface area contributed by atoms with Crippen molar-refractivity contribution in [3.63, 3.8) is 0 Å². The van der Waals surface area contributed by atoms with Crippen molar-refractivity contribution in [3.05, 3.63) is 0 Å². The molecule has 0 aromatic heterocycles. The van der Waals surface area contributed by atoms with Crippen LogP contribution in [0.1, 0.15) is 0 Å². The monoisotopic (exact) mass is 248 g/mol. The summed E-state index contributed by atoms with van der Waals surface area (Å²) in [7, 11) is 0. The number of aliphatic carboxylic acids is 1. The summed E-state index contributed by atoms with van der Waals surface area (Å²) in [4.78, 5) is 10.4. The minimum atomic E-state index is -3.10. The second-order valence-corrected chi connectivity index (χ2v) is 3.06. The Hall–Kier alpha value is 0.230. The molecule has 0 saturated carbocycles. The zero-order valence-electron chi connectivity index (χ0n) is 8.65. The number of rotatable bonds is 6. The maximum atomic E-state index is 10.4. The Morgan fingerprint density at radius 3 is 1.94 bits per heavy atom. The van der Waals surface area contributed by atoms with E-state index < -0.39 is 43.1 Å². The van der Waals surface area contributed by atoms with Crippen molar-refractivity contribution in [1.82, 2.24) is 0 Å². The predicted molar refractivity (Wildman–Crippen MR) is 42.1 cm³/mol. The van der Waals surface area contributed by atoms with Crippen molar-refractivity contribution in [2.75, 3.05) is 13.2 Å². The Bertz CT molecular complexity index is 224. The van der Waals surface area contributed by atoms with E-state index in [1.807, 2.05) is 0 Å². The number of aliphatic hydroxyl groups is 6. The van der Waals surface area contributed by atoms with Crippen LogP contribution < -0.4 is 34.7 Å². The molecular weight excluding hydrogens is 235 g/mol. The molecule has 0 radical (unpaired) electrons. The summed E-state index contributed by atoms with van der Waals surface area (Å²) < 4.78 is 0. The molecule has 0 aliphatic heterocycles. The molecule has 1 unspecified atom stereocenters. The van der Waals surface area contributed by atoms with Crippen LogP contribution in [-0.4, -0.2) is 73.7 Å². The quantitative estimate of drug-likeness (QED) is 0.252. The van der Waals surface area contributed by atoms with Crippen molar-refractivity contribution in [2.24, 2.45) is 0 Å². The molecule has 0 aromatic carbocycles. The zero-order chi connectivity index (χ0) is 12.2. The normalized spacial score (nSPS) is 20.1. The maximum absolute atomic E-state index is 10.4. The van der Waals surface area contributed by atoms with Crippen LogP contribution in [-0.2, 0) is 4.79 Å². The van der Waals surface area contributed by atoms with E-state index in [0.29, 0.717) is 0 Å². The summed E-state index contributed by atoms with van der Waals surface area (Å²) >= 11 is 0. The van der Waals surface area contributed by atoms with E-state index in [4.69, 9.17) is 30.6 Å². The first-order chi connectivity index (χ1) is 6.81. The van der Waals surface area contributed by atoms with Crippen molar-refractivity contribution in [2.45, 2.75) is 23.9 Å². The summed E-state index contributed by atoms with van der Waals surface area (Å²) in [5.41, 5.74) is -3.10. The van der Waals surface area contributed by atoms with Crippen LogP contribution in [0, 0.1) is 0 Å².